The number of hydrogen-bond donors (Lipinski definition) is 6. The monoisotopic (exact) mass is 1340 g/mol. The molecule has 0 saturated carbocycles. The second-order valence-electron chi connectivity index (χ2n) is 21.8. The van der Waals surface area contributed by atoms with Crippen molar-refractivity contribution in [2.24, 2.45) is 0 Å². The van der Waals surface area contributed by atoms with E-state index in [1.165, 1.54) is 63.5 Å². The van der Waals surface area contributed by atoms with E-state index in [0.717, 1.165) is 136 Å². The van der Waals surface area contributed by atoms with Gasteiger partial charge in [0.25, 0.3) is 0 Å². The molecule has 15 rings (SSSR count). The minimum absolute atomic E-state index is 0.119. The number of piperidine rings is 3. The normalized spacial score (nSPS) is 12.9. The molecule has 0 bridgehead atoms. The van der Waals surface area contributed by atoms with E-state index in [1.807, 2.05) is 176 Å². The Hall–Kier alpha value is -10.8. The van der Waals surface area contributed by atoms with Crippen molar-refractivity contribution in [2.75, 3.05) is 69.9 Å². The van der Waals surface area contributed by atoms with E-state index in [4.69, 9.17) is 0 Å². The Morgan fingerprint density at radius 1 is 0.333 bits per heavy atom. The van der Waals surface area contributed by atoms with Crippen molar-refractivity contribution in [2.45, 2.75) is 141 Å². The number of H-pyrrole nitrogens is 3. The number of benzene rings is 1. The quantitative estimate of drug-likeness (QED) is 0.0667. The summed E-state index contributed by atoms with van der Waals surface area (Å²) >= 11 is 0. The number of imidazole rings is 3. The van der Waals surface area contributed by atoms with E-state index in [9.17, 15) is 14.4 Å². The van der Waals surface area contributed by atoms with Gasteiger partial charge in [0.05, 0.1) is 64.1 Å². The van der Waals surface area contributed by atoms with E-state index in [0.29, 0.717) is 0 Å². The molecule has 99 heavy (non-hydrogen) atoms. The summed E-state index contributed by atoms with van der Waals surface area (Å²) in [6, 6.07) is 35.1. The molecule has 21 nitrogen and oxygen atoms in total. The van der Waals surface area contributed by atoms with Crippen LogP contribution in [0.5, 0.6) is 0 Å². The zero-order chi connectivity index (χ0) is 70.9. The SMILES string of the molecule is CC.CC.CC.CC.CC.CC.O=c1cc(-c2ccc(Nc3ccc(N4CCCCC4)cc3)c3nccn23)cc[nH]1.O=c1cc(-c2ccc(Nc3ccc(N4CCCCC4)nc3)c3nccn23)cc[nH]1.O=c1cc(-c2ccc(Nc3cnc(N4CCCCC4)nc3)c3nccn23)cc[nH]1. The predicted octanol–water partition coefficient (Wildman–Crippen LogP) is 17.6. The van der Waals surface area contributed by atoms with Gasteiger partial charge in [-0.2, -0.15) is 0 Å². The molecule has 14 heterocycles. The maximum atomic E-state index is 11.7. The number of nitrogens with zero attached hydrogens (tertiary/aromatic N) is 12. The van der Waals surface area contributed by atoms with Crippen molar-refractivity contribution in [3.8, 4) is 33.8 Å². The number of fused-ring (bicyclic) bond motifs is 3. The third-order valence-electron chi connectivity index (χ3n) is 16.0. The van der Waals surface area contributed by atoms with Gasteiger partial charge in [-0.15, -0.1) is 0 Å². The maximum Gasteiger partial charge on any atom is 0.248 e. The zero-order valence-corrected chi connectivity index (χ0v) is 60.0. The molecule has 0 amide bonds. The first-order valence-electron chi connectivity index (χ1n) is 35.7. The summed E-state index contributed by atoms with van der Waals surface area (Å²) in [6.07, 6.45) is 32.8. The average molecular weight is 1340 g/mol. The van der Waals surface area contributed by atoms with Gasteiger partial charge in [-0.25, -0.2) is 29.9 Å². The van der Waals surface area contributed by atoms with Crippen LogP contribution >= 0.6 is 0 Å². The van der Waals surface area contributed by atoms with Crippen LogP contribution in [0, 0.1) is 0 Å². The molecule has 3 fully saturated rings. The highest BCUT2D eigenvalue weighted by molar-refractivity contribution is 5.81. The number of pyridine rings is 7. The van der Waals surface area contributed by atoms with Crippen LogP contribution in [-0.4, -0.2) is 97.3 Å². The molecule has 0 unspecified atom stereocenters. The Morgan fingerprint density at radius 3 is 1.05 bits per heavy atom. The molecule has 12 aromatic rings. The van der Waals surface area contributed by atoms with Gasteiger partial charge in [0.1, 0.15) is 5.82 Å². The molecule has 0 atom stereocenters. The first-order valence-corrected chi connectivity index (χ1v) is 35.7. The molecular formula is C78H102N18O3. The van der Waals surface area contributed by atoms with E-state index >= 15 is 0 Å². The van der Waals surface area contributed by atoms with Crippen LogP contribution in [0.15, 0.2) is 198 Å². The van der Waals surface area contributed by atoms with E-state index < -0.39 is 0 Å². The molecule has 0 spiro atoms. The second-order valence-corrected chi connectivity index (χ2v) is 21.8. The highest BCUT2D eigenvalue weighted by atomic mass is 16.1. The average Bonchev–Trinajstić information content (AvgIpc) is 1.75. The van der Waals surface area contributed by atoms with Crippen LogP contribution in [0.1, 0.15) is 141 Å². The van der Waals surface area contributed by atoms with Crippen molar-refractivity contribution in [3.05, 3.63) is 215 Å². The predicted molar refractivity (Wildman–Crippen MR) is 413 cm³/mol. The summed E-state index contributed by atoms with van der Waals surface area (Å²) in [5, 5.41) is 10.3. The summed E-state index contributed by atoms with van der Waals surface area (Å²) in [7, 11) is 0. The summed E-state index contributed by atoms with van der Waals surface area (Å²) in [5.74, 6) is 1.82. The summed E-state index contributed by atoms with van der Waals surface area (Å²) in [5.41, 5.74) is 13.9. The van der Waals surface area contributed by atoms with Crippen LogP contribution < -0.4 is 47.3 Å². The minimum atomic E-state index is -0.135. The first kappa shape index (κ1) is 75.5. The van der Waals surface area contributed by atoms with Crippen molar-refractivity contribution < 1.29 is 0 Å². The topological polar surface area (TPSA) is 235 Å². The molecule has 0 aliphatic carbocycles. The third kappa shape index (κ3) is 19.9. The van der Waals surface area contributed by atoms with E-state index in [2.05, 4.69) is 112 Å². The number of aromatic amines is 3. The third-order valence-corrected chi connectivity index (χ3v) is 16.0. The molecule has 21 heteroatoms. The first-order chi connectivity index (χ1) is 48.8. The summed E-state index contributed by atoms with van der Waals surface area (Å²) in [4.78, 5) is 77.2. The Morgan fingerprint density at radius 2 is 0.677 bits per heavy atom. The van der Waals surface area contributed by atoms with Gasteiger partial charge in [0.15, 0.2) is 16.9 Å². The molecule has 522 valence electrons. The van der Waals surface area contributed by atoms with Crippen molar-refractivity contribution in [1.82, 2.24) is 58.1 Å². The number of hydrogen-bond acceptors (Lipinski definition) is 15. The Bertz CT molecular complexity index is 4020. The zero-order valence-electron chi connectivity index (χ0n) is 60.0. The maximum absolute atomic E-state index is 11.7. The smallest absolute Gasteiger partial charge is 0.248 e. The Labute approximate surface area is 583 Å². The Balaban J connectivity index is 0.000000194. The molecule has 6 N–H and O–H groups in total. The van der Waals surface area contributed by atoms with E-state index in [-0.39, 0.29) is 16.7 Å². The van der Waals surface area contributed by atoms with E-state index in [1.54, 1.807) is 67.8 Å². The van der Waals surface area contributed by atoms with Crippen molar-refractivity contribution in [1.29, 1.82) is 0 Å². The van der Waals surface area contributed by atoms with Gasteiger partial charge >= 0.3 is 0 Å². The van der Waals surface area contributed by atoms with Crippen LogP contribution in [0.2, 0.25) is 0 Å². The number of rotatable bonds is 12. The van der Waals surface area contributed by atoms with Crippen LogP contribution in [0.25, 0.3) is 50.7 Å². The van der Waals surface area contributed by atoms with Gasteiger partial charge in [0.2, 0.25) is 22.6 Å². The lowest BCUT2D eigenvalue weighted by atomic mass is 10.1. The highest BCUT2D eigenvalue weighted by Gasteiger charge is 2.18. The number of anilines is 9. The molecule has 3 aliphatic rings. The van der Waals surface area contributed by atoms with Crippen molar-refractivity contribution in [3.63, 3.8) is 0 Å². The largest absolute Gasteiger partial charge is 0.372 e. The molecular weight excluding hydrogens is 1240 g/mol. The lowest BCUT2D eigenvalue weighted by Gasteiger charge is -2.28. The van der Waals surface area contributed by atoms with Crippen LogP contribution in [-0.2, 0) is 0 Å². The standard InChI is InChI=1S/C23H23N5O.C22H22N6O.C21H21N7O.6C2H6/c29-22-16-17(10-11-24-22)21-9-8-20(23-25-12-15-28(21)23)26-18-4-6-19(7-5-18)27-13-2-1-3-14-27;29-21-14-16(8-9-23-21)19-6-5-18(22-24-10-13-28(19)22)26-17-4-7-20(25-15-17)27-11-2-1-3-12-27;29-19-12-15(6-7-22-19)18-5-4-17(20-23-8-11-28(18)20)26-16-13-24-21(25-14-16)27-9-2-1-3-10-27;6*1-2/h4-12,15-16,26H,1-3,13-14H2,(H,24,29);4-10,13-15,26H,1-3,11-12H2,(H,23,29);4-8,11-14,26H,1-3,9-10H2,(H,22,29);6*1-2H3. The number of nitrogens with one attached hydrogen (secondary N) is 6. The fourth-order valence-electron chi connectivity index (χ4n) is 11.6. The highest BCUT2D eigenvalue weighted by Crippen LogP contribution is 2.32. The van der Waals surface area contributed by atoms with Gasteiger partial charge in [0, 0.05) is 141 Å². The molecule has 0 radical (unpaired) electrons. The summed E-state index contributed by atoms with van der Waals surface area (Å²) < 4.78 is 5.94. The van der Waals surface area contributed by atoms with Crippen molar-refractivity contribution >= 4 is 68.5 Å². The van der Waals surface area contributed by atoms with Gasteiger partial charge in [-0.3, -0.25) is 27.6 Å². The fraction of sp³-hybridized carbons (Fsp3) is 0.346. The molecule has 3 saturated heterocycles. The van der Waals surface area contributed by atoms with Gasteiger partial charge < -0.3 is 45.6 Å². The minimum Gasteiger partial charge on any atom is -0.372 e. The molecule has 3 aliphatic heterocycles. The van der Waals surface area contributed by atoms with Gasteiger partial charge in [-0.1, -0.05) is 83.1 Å². The summed E-state index contributed by atoms with van der Waals surface area (Å²) in [6.45, 7) is 30.5. The molecule has 1 aromatic carbocycles. The Kier molecular flexibility index (Phi) is 30.5. The van der Waals surface area contributed by atoms with Crippen LogP contribution in [0.3, 0.4) is 0 Å². The lowest BCUT2D eigenvalue weighted by molar-refractivity contribution is 0.568. The van der Waals surface area contributed by atoms with Crippen LogP contribution in [0.4, 0.5) is 51.6 Å². The van der Waals surface area contributed by atoms with Gasteiger partial charge in [-0.05, 0) is 149 Å². The lowest BCUT2D eigenvalue weighted by Crippen LogP contribution is -2.30. The second kappa shape index (κ2) is 40.0. The number of aromatic nitrogens is 12. The fourth-order valence-corrected chi connectivity index (χ4v) is 11.6. The molecule has 11 aromatic heterocycles.